The van der Waals surface area contributed by atoms with Gasteiger partial charge in [-0.2, -0.15) is 0 Å². The molecule has 1 aromatic rings. The van der Waals surface area contributed by atoms with Crippen molar-refractivity contribution in [1.82, 2.24) is 10.3 Å². The van der Waals surface area contributed by atoms with Crippen molar-refractivity contribution in [3.8, 4) is 5.88 Å². The van der Waals surface area contributed by atoms with Gasteiger partial charge in [-0.1, -0.05) is 19.9 Å². The molecule has 2 unspecified atom stereocenters. The van der Waals surface area contributed by atoms with E-state index in [0.717, 1.165) is 24.7 Å². The van der Waals surface area contributed by atoms with Crippen LogP contribution >= 0.6 is 0 Å². The van der Waals surface area contributed by atoms with Crippen LogP contribution in [0, 0.1) is 17.8 Å². The lowest BCUT2D eigenvalue weighted by molar-refractivity contribution is -0.111. The number of ether oxygens (including phenoxy) is 1. The summed E-state index contributed by atoms with van der Waals surface area (Å²) in [6.45, 7) is 5.01. The molecule has 0 spiro atoms. The first-order valence-corrected chi connectivity index (χ1v) is 10.1. The zero-order valence-electron chi connectivity index (χ0n) is 16.3. The zero-order valence-corrected chi connectivity index (χ0v) is 16.3. The van der Waals surface area contributed by atoms with Gasteiger partial charge in [0.2, 0.25) is 5.88 Å². The van der Waals surface area contributed by atoms with E-state index in [4.69, 9.17) is 10.5 Å². The van der Waals surface area contributed by atoms with Crippen LogP contribution in [0.15, 0.2) is 12.1 Å². The zero-order chi connectivity index (χ0) is 19.4. The Morgan fingerprint density at radius 3 is 2.63 bits per heavy atom. The number of hydrogen-bond donors (Lipinski definition) is 2. The van der Waals surface area contributed by atoms with Crippen molar-refractivity contribution < 1.29 is 14.3 Å². The third-order valence-electron chi connectivity index (χ3n) is 5.30. The Morgan fingerprint density at radius 1 is 1.33 bits per heavy atom. The fraction of sp³-hybridized carbons (Fsp3) is 0.667. The number of aldehydes is 1. The number of hydrogen-bond acceptors (Lipinski definition) is 5. The van der Waals surface area contributed by atoms with Gasteiger partial charge in [0.15, 0.2) is 0 Å². The van der Waals surface area contributed by atoms with E-state index in [1.807, 2.05) is 6.07 Å². The van der Waals surface area contributed by atoms with Crippen LogP contribution in [0.25, 0.3) is 0 Å². The van der Waals surface area contributed by atoms with Crippen molar-refractivity contribution in [2.45, 2.75) is 57.9 Å². The smallest absolute Gasteiger partial charge is 0.270 e. The molecule has 0 saturated heterocycles. The molecule has 2 aliphatic carbocycles. The molecule has 148 valence electrons. The summed E-state index contributed by atoms with van der Waals surface area (Å²) in [4.78, 5) is 28.7. The molecule has 0 aliphatic heterocycles. The van der Waals surface area contributed by atoms with Crippen LogP contribution in [-0.4, -0.2) is 36.4 Å². The molecule has 2 aliphatic rings. The second kappa shape index (κ2) is 8.83. The van der Waals surface area contributed by atoms with E-state index in [1.54, 1.807) is 6.07 Å². The van der Waals surface area contributed by atoms with Gasteiger partial charge in [0, 0.05) is 24.1 Å². The Bertz CT molecular complexity index is 669. The van der Waals surface area contributed by atoms with Gasteiger partial charge >= 0.3 is 0 Å². The molecule has 6 heteroatoms. The molecular formula is C21H31N3O3. The molecule has 6 nitrogen and oxygen atoms in total. The fourth-order valence-electron chi connectivity index (χ4n) is 3.29. The average molecular weight is 373 g/mol. The molecule has 1 aromatic heterocycles. The van der Waals surface area contributed by atoms with E-state index in [9.17, 15) is 9.59 Å². The van der Waals surface area contributed by atoms with Gasteiger partial charge in [-0.25, -0.2) is 4.98 Å². The summed E-state index contributed by atoms with van der Waals surface area (Å²) in [7, 11) is 0. The maximum Gasteiger partial charge on any atom is 0.270 e. The summed E-state index contributed by atoms with van der Waals surface area (Å²) in [5.74, 6) is 1.40. The summed E-state index contributed by atoms with van der Waals surface area (Å²) in [5, 5.41) is 2.97. The van der Waals surface area contributed by atoms with Gasteiger partial charge in [-0.05, 0) is 55.9 Å². The number of nitrogens with one attached hydrogen (secondary N) is 1. The number of amides is 1. The number of aromatic nitrogens is 1. The van der Waals surface area contributed by atoms with E-state index in [1.165, 1.54) is 12.8 Å². The number of pyridine rings is 1. The Hall–Kier alpha value is -1.95. The molecule has 0 bridgehead atoms. The van der Waals surface area contributed by atoms with Crippen molar-refractivity contribution >= 4 is 12.2 Å². The summed E-state index contributed by atoms with van der Waals surface area (Å²) < 4.78 is 5.95. The molecule has 1 heterocycles. The van der Waals surface area contributed by atoms with E-state index in [0.29, 0.717) is 42.4 Å². The standard InChI is InChI=1S/C21H31N3O3/c1-13(2)9-19(16(10-22)11-25)23-20(26)18-8-7-17(15-5-6-15)21(24-18)27-12-14-3-4-14/h7-8,11,13-16,19H,3-6,9-10,12,22H2,1-2H3,(H,23,26). The molecule has 0 aromatic carbocycles. The van der Waals surface area contributed by atoms with Crippen molar-refractivity contribution in [3.05, 3.63) is 23.4 Å². The highest BCUT2D eigenvalue weighted by Crippen LogP contribution is 2.44. The van der Waals surface area contributed by atoms with Gasteiger partial charge in [0.1, 0.15) is 12.0 Å². The average Bonchev–Trinajstić information content (AvgIpc) is 3.54. The number of nitrogens with zero attached hydrogens (tertiary/aromatic N) is 1. The maximum absolute atomic E-state index is 12.8. The largest absolute Gasteiger partial charge is 0.477 e. The van der Waals surface area contributed by atoms with E-state index in [2.05, 4.69) is 24.1 Å². The molecule has 2 atom stereocenters. The minimum Gasteiger partial charge on any atom is -0.477 e. The molecule has 1 amide bonds. The summed E-state index contributed by atoms with van der Waals surface area (Å²) >= 11 is 0. The molecular weight excluding hydrogens is 342 g/mol. The van der Waals surface area contributed by atoms with Crippen LogP contribution in [0.1, 0.15) is 67.9 Å². The van der Waals surface area contributed by atoms with Crippen molar-refractivity contribution in [1.29, 1.82) is 0 Å². The van der Waals surface area contributed by atoms with Crippen LogP contribution in [0.4, 0.5) is 0 Å². The number of rotatable bonds is 11. The van der Waals surface area contributed by atoms with Crippen LogP contribution < -0.4 is 15.8 Å². The first-order chi connectivity index (χ1) is 13.0. The first-order valence-electron chi connectivity index (χ1n) is 10.1. The molecule has 3 N–H and O–H groups in total. The van der Waals surface area contributed by atoms with Gasteiger partial charge in [-0.15, -0.1) is 0 Å². The minimum absolute atomic E-state index is 0.213. The number of nitrogens with two attached hydrogens (primary N) is 1. The van der Waals surface area contributed by atoms with E-state index < -0.39 is 5.92 Å². The highest BCUT2D eigenvalue weighted by atomic mass is 16.5. The molecule has 2 saturated carbocycles. The third kappa shape index (κ3) is 5.51. The van der Waals surface area contributed by atoms with Crippen LogP contribution in [0.5, 0.6) is 5.88 Å². The predicted molar refractivity (Wildman–Crippen MR) is 104 cm³/mol. The lowest BCUT2D eigenvalue weighted by Gasteiger charge is -2.25. The summed E-state index contributed by atoms with van der Waals surface area (Å²) in [6, 6.07) is 3.44. The Morgan fingerprint density at radius 2 is 2.07 bits per heavy atom. The summed E-state index contributed by atoms with van der Waals surface area (Å²) in [5.41, 5.74) is 7.16. The van der Waals surface area contributed by atoms with E-state index in [-0.39, 0.29) is 18.5 Å². The van der Waals surface area contributed by atoms with Crippen LogP contribution in [0.2, 0.25) is 0 Å². The fourth-order valence-corrected chi connectivity index (χ4v) is 3.29. The van der Waals surface area contributed by atoms with Gasteiger partial charge in [0.25, 0.3) is 5.91 Å². The van der Waals surface area contributed by atoms with Crippen molar-refractivity contribution in [2.75, 3.05) is 13.2 Å². The van der Waals surface area contributed by atoms with E-state index >= 15 is 0 Å². The van der Waals surface area contributed by atoms with Crippen molar-refractivity contribution in [3.63, 3.8) is 0 Å². The van der Waals surface area contributed by atoms with Gasteiger partial charge in [-0.3, -0.25) is 4.79 Å². The lowest BCUT2D eigenvalue weighted by atomic mass is 9.92. The van der Waals surface area contributed by atoms with Crippen LogP contribution in [0.3, 0.4) is 0 Å². The highest BCUT2D eigenvalue weighted by Gasteiger charge is 2.30. The van der Waals surface area contributed by atoms with Gasteiger partial charge in [0.05, 0.1) is 6.61 Å². The normalized spacial score (nSPS) is 18.8. The summed E-state index contributed by atoms with van der Waals surface area (Å²) in [6.07, 6.45) is 6.25. The first kappa shape index (κ1) is 19.8. The second-order valence-corrected chi connectivity index (χ2v) is 8.36. The molecule has 0 radical (unpaired) electrons. The van der Waals surface area contributed by atoms with Gasteiger partial charge < -0.3 is 20.6 Å². The topological polar surface area (TPSA) is 94.3 Å². The molecule has 3 rings (SSSR count). The van der Waals surface area contributed by atoms with Crippen molar-refractivity contribution in [2.24, 2.45) is 23.5 Å². The Balaban J connectivity index is 1.73. The number of carbonyl (C=O) groups excluding carboxylic acids is 2. The predicted octanol–water partition coefficient (Wildman–Crippen LogP) is 2.67. The SMILES string of the molecule is CC(C)CC(NC(=O)c1ccc(C2CC2)c(OCC2CC2)n1)C(C=O)CN. The molecule has 27 heavy (non-hydrogen) atoms. The molecule has 2 fully saturated rings. The quantitative estimate of drug-likeness (QED) is 0.582. The Labute approximate surface area is 161 Å². The highest BCUT2D eigenvalue weighted by molar-refractivity contribution is 5.93. The third-order valence-corrected chi connectivity index (χ3v) is 5.30. The minimum atomic E-state index is -0.396. The second-order valence-electron chi connectivity index (χ2n) is 8.36. The lowest BCUT2D eigenvalue weighted by Crippen LogP contribution is -2.44. The van der Waals surface area contributed by atoms with Crippen LogP contribution in [-0.2, 0) is 4.79 Å². The monoisotopic (exact) mass is 373 g/mol. The maximum atomic E-state index is 12.8. The Kier molecular flexibility index (Phi) is 6.47. The number of carbonyl (C=O) groups is 2.